The van der Waals surface area contributed by atoms with Crippen LogP contribution in [-0.4, -0.2) is 7.11 Å². The predicted octanol–water partition coefficient (Wildman–Crippen LogP) is 3.03. The Balaban J connectivity index is 2.97. The highest BCUT2D eigenvalue weighted by molar-refractivity contribution is 9.10. The van der Waals surface area contributed by atoms with Crippen LogP contribution in [0.15, 0.2) is 27.6 Å². The van der Waals surface area contributed by atoms with E-state index in [1.165, 1.54) is 0 Å². The van der Waals surface area contributed by atoms with E-state index in [0.717, 1.165) is 26.9 Å². The van der Waals surface area contributed by atoms with E-state index in [1.807, 2.05) is 23.6 Å². The number of methoxy groups -OCH3 is 1. The molecule has 0 aliphatic heterocycles. The average molecular weight is 244 g/mol. The lowest BCUT2D eigenvalue weighted by atomic mass is 10.3. The van der Waals surface area contributed by atoms with Gasteiger partial charge in [0, 0.05) is 9.37 Å². The number of hydrogen-bond acceptors (Lipinski definition) is 3. The third-order valence-corrected chi connectivity index (χ3v) is 2.88. The van der Waals surface area contributed by atoms with Crippen LogP contribution in [0.25, 0.3) is 0 Å². The standard InChI is InChI=1S/C8H6BrNOS/c1-11-6-2-3-8(12-5-10)7(9)4-6/h2-4H,1H3. The van der Waals surface area contributed by atoms with Crippen LogP contribution in [0.5, 0.6) is 5.75 Å². The SMILES string of the molecule is COc1ccc(SC#N)c(Br)c1. The van der Waals surface area contributed by atoms with E-state index < -0.39 is 0 Å². The van der Waals surface area contributed by atoms with Crippen molar-refractivity contribution in [1.29, 1.82) is 5.26 Å². The van der Waals surface area contributed by atoms with Crippen LogP contribution in [0.1, 0.15) is 0 Å². The number of halogens is 1. The first-order chi connectivity index (χ1) is 5.77. The number of rotatable bonds is 2. The van der Waals surface area contributed by atoms with E-state index >= 15 is 0 Å². The summed E-state index contributed by atoms with van der Waals surface area (Å²) < 4.78 is 5.89. The lowest BCUT2D eigenvalue weighted by Crippen LogP contribution is -1.82. The van der Waals surface area contributed by atoms with Crippen molar-refractivity contribution in [1.82, 2.24) is 0 Å². The molecule has 0 spiro atoms. The zero-order chi connectivity index (χ0) is 8.97. The number of hydrogen-bond donors (Lipinski definition) is 0. The summed E-state index contributed by atoms with van der Waals surface area (Å²) in [4.78, 5) is 0.901. The van der Waals surface area contributed by atoms with E-state index in [9.17, 15) is 0 Å². The minimum absolute atomic E-state index is 0.782. The lowest BCUT2D eigenvalue weighted by molar-refractivity contribution is 0.414. The quantitative estimate of drug-likeness (QED) is 0.592. The Morgan fingerprint density at radius 3 is 2.83 bits per heavy atom. The van der Waals surface area contributed by atoms with Crippen molar-refractivity contribution in [3.8, 4) is 11.2 Å². The fourth-order valence-corrected chi connectivity index (χ4v) is 1.73. The minimum Gasteiger partial charge on any atom is -0.497 e. The van der Waals surface area contributed by atoms with Gasteiger partial charge in [-0.25, -0.2) is 0 Å². The Morgan fingerprint density at radius 2 is 2.33 bits per heavy atom. The Kier molecular flexibility index (Phi) is 3.45. The highest BCUT2D eigenvalue weighted by Crippen LogP contribution is 2.29. The van der Waals surface area contributed by atoms with E-state index in [0.29, 0.717) is 0 Å². The molecule has 0 aliphatic carbocycles. The maximum atomic E-state index is 8.43. The first-order valence-corrected chi connectivity index (χ1v) is 4.78. The molecule has 0 saturated heterocycles. The van der Waals surface area contributed by atoms with Crippen LogP contribution < -0.4 is 4.74 Å². The lowest BCUT2D eigenvalue weighted by Gasteiger charge is -2.02. The highest BCUT2D eigenvalue weighted by atomic mass is 79.9. The van der Waals surface area contributed by atoms with Crippen molar-refractivity contribution in [3.05, 3.63) is 22.7 Å². The second kappa shape index (κ2) is 4.39. The van der Waals surface area contributed by atoms with Crippen molar-refractivity contribution in [2.24, 2.45) is 0 Å². The molecule has 0 aromatic heterocycles. The van der Waals surface area contributed by atoms with Crippen LogP contribution in [-0.2, 0) is 0 Å². The molecule has 62 valence electrons. The fraction of sp³-hybridized carbons (Fsp3) is 0.125. The van der Waals surface area contributed by atoms with Crippen molar-refractivity contribution in [3.63, 3.8) is 0 Å². The summed E-state index contributed by atoms with van der Waals surface area (Å²) in [5.74, 6) is 0.782. The summed E-state index contributed by atoms with van der Waals surface area (Å²) in [5, 5.41) is 10.4. The molecule has 0 bridgehead atoms. The molecule has 12 heavy (non-hydrogen) atoms. The smallest absolute Gasteiger partial charge is 0.138 e. The zero-order valence-electron chi connectivity index (χ0n) is 6.37. The van der Waals surface area contributed by atoms with Gasteiger partial charge >= 0.3 is 0 Å². The van der Waals surface area contributed by atoms with E-state index in [-0.39, 0.29) is 0 Å². The molecule has 0 unspecified atom stereocenters. The summed E-state index contributed by atoms with van der Waals surface area (Å²) >= 11 is 4.46. The molecular weight excluding hydrogens is 238 g/mol. The number of benzene rings is 1. The third kappa shape index (κ3) is 2.16. The molecule has 0 fully saturated rings. The molecule has 0 aliphatic rings. The van der Waals surface area contributed by atoms with Crippen molar-refractivity contribution in [2.45, 2.75) is 4.90 Å². The molecule has 0 heterocycles. The van der Waals surface area contributed by atoms with E-state index in [2.05, 4.69) is 15.9 Å². The van der Waals surface area contributed by atoms with Gasteiger partial charge in [-0.3, -0.25) is 0 Å². The van der Waals surface area contributed by atoms with E-state index in [1.54, 1.807) is 7.11 Å². The average Bonchev–Trinajstić information content (AvgIpc) is 2.09. The first-order valence-electron chi connectivity index (χ1n) is 3.17. The molecule has 0 amide bonds. The van der Waals surface area contributed by atoms with E-state index in [4.69, 9.17) is 10.00 Å². The Hall–Kier alpha value is -0.660. The Bertz CT molecular complexity index is 321. The number of ether oxygens (including phenoxy) is 1. The summed E-state index contributed by atoms with van der Waals surface area (Å²) in [6, 6.07) is 5.50. The Labute approximate surface area is 83.7 Å². The summed E-state index contributed by atoms with van der Waals surface area (Å²) in [7, 11) is 1.61. The second-order valence-corrected chi connectivity index (χ2v) is 3.67. The molecule has 4 heteroatoms. The molecule has 0 saturated carbocycles. The molecule has 2 nitrogen and oxygen atoms in total. The molecular formula is C8H6BrNOS. The number of nitrogens with zero attached hydrogens (tertiary/aromatic N) is 1. The maximum Gasteiger partial charge on any atom is 0.138 e. The van der Waals surface area contributed by atoms with Crippen molar-refractivity contribution in [2.75, 3.05) is 7.11 Å². The van der Waals surface area contributed by atoms with Gasteiger partial charge < -0.3 is 4.74 Å². The molecule has 0 radical (unpaired) electrons. The maximum absolute atomic E-state index is 8.43. The third-order valence-electron chi connectivity index (χ3n) is 1.29. The van der Waals surface area contributed by atoms with Gasteiger partial charge in [0.2, 0.25) is 0 Å². The largest absolute Gasteiger partial charge is 0.497 e. The van der Waals surface area contributed by atoms with Crippen LogP contribution >= 0.6 is 27.7 Å². The molecule has 0 N–H and O–H groups in total. The fourth-order valence-electron chi connectivity index (χ4n) is 0.740. The predicted molar refractivity (Wildman–Crippen MR) is 52.2 cm³/mol. The monoisotopic (exact) mass is 243 g/mol. The van der Waals surface area contributed by atoms with Crippen molar-refractivity contribution < 1.29 is 4.74 Å². The minimum atomic E-state index is 0.782. The zero-order valence-corrected chi connectivity index (χ0v) is 8.78. The van der Waals surface area contributed by atoms with Crippen LogP contribution in [0, 0.1) is 10.7 Å². The first kappa shape index (κ1) is 9.43. The number of thioether (sulfide) groups is 1. The van der Waals surface area contributed by atoms with Gasteiger partial charge in [0.1, 0.15) is 11.2 Å². The molecule has 0 atom stereocenters. The van der Waals surface area contributed by atoms with Gasteiger partial charge in [0.25, 0.3) is 0 Å². The summed E-state index contributed by atoms with van der Waals surface area (Å²) in [5.41, 5.74) is 0. The van der Waals surface area contributed by atoms with Gasteiger partial charge in [-0.2, -0.15) is 5.26 Å². The molecule has 1 aromatic rings. The van der Waals surface area contributed by atoms with Crippen molar-refractivity contribution >= 4 is 27.7 Å². The van der Waals surface area contributed by atoms with Crippen LogP contribution in [0.2, 0.25) is 0 Å². The second-order valence-electron chi connectivity index (χ2n) is 1.99. The van der Waals surface area contributed by atoms with Crippen LogP contribution in [0.4, 0.5) is 0 Å². The van der Waals surface area contributed by atoms with Gasteiger partial charge in [-0.1, -0.05) is 0 Å². The summed E-state index contributed by atoms with van der Waals surface area (Å²) in [6.45, 7) is 0. The van der Waals surface area contributed by atoms with Gasteiger partial charge in [0.15, 0.2) is 0 Å². The number of nitriles is 1. The Morgan fingerprint density at radius 1 is 1.58 bits per heavy atom. The van der Waals surface area contributed by atoms with Crippen LogP contribution in [0.3, 0.4) is 0 Å². The summed E-state index contributed by atoms with van der Waals surface area (Å²) in [6.07, 6.45) is 0. The van der Waals surface area contributed by atoms with Gasteiger partial charge in [0.05, 0.1) is 7.11 Å². The normalized spacial score (nSPS) is 9.08. The topological polar surface area (TPSA) is 33.0 Å². The van der Waals surface area contributed by atoms with Gasteiger partial charge in [-0.15, -0.1) is 0 Å². The molecule has 1 aromatic carbocycles. The molecule has 1 rings (SSSR count). The number of thiocyanates is 1. The highest BCUT2D eigenvalue weighted by Gasteiger charge is 2.01. The van der Waals surface area contributed by atoms with Gasteiger partial charge in [-0.05, 0) is 45.9 Å².